The number of amides is 1. The molecule has 0 aromatic heterocycles. The molecule has 1 heterocycles. The second kappa shape index (κ2) is 4.31. The Bertz CT molecular complexity index is 365. The van der Waals surface area contributed by atoms with Crippen LogP contribution in [0.4, 0.5) is 0 Å². The van der Waals surface area contributed by atoms with E-state index in [1.807, 2.05) is 18.2 Å². The number of nitrogens with zero attached hydrogens (tertiary/aromatic N) is 1. The number of methoxy groups -OCH3 is 1. The van der Waals surface area contributed by atoms with Gasteiger partial charge in [-0.2, -0.15) is 0 Å². The van der Waals surface area contributed by atoms with Crippen molar-refractivity contribution in [3.63, 3.8) is 0 Å². The van der Waals surface area contributed by atoms with Crippen LogP contribution in [-0.2, 0) is 9.53 Å². The quantitative estimate of drug-likeness (QED) is 0.722. The minimum absolute atomic E-state index is 0.213. The van der Waals surface area contributed by atoms with Gasteiger partial charge in [0, 0.05) is 0 Å². The van der Waals surface area contributed by atoms with Gasteiger partial charge in [0.15, 0.2) is 6.10 Å². The van der Waals surface area contributed by atoms with Crippen LogP contribution in [0.3, 0.4) is 0 Å². The summed E-state index contributed by atoms with van der Waals surface area (Å²) in [6.07, 6.45) is -0.561. The van der Waals surface area contributed by atoms with Gasteiger partial charge < -0.3 is 9.47 Å². The molecule has 1 fully saturated rings. The number of carbonyl (C=O) groups excluding carboxylic acids is 1. The Morgan fingerprint density at radius 1 is 1.53 bits per heavy atom. The first-order valence-corrected chi connectivity index (χ1v) is 4.78. The van der Waals surface area contributed by atoms with Gasteiger partial charge >= 0.3 is 0 Å². The van der Waals surface area contributed by atoms with E-state index >= 15 is 0 Å². The Kier molecular flexibility index (Phi) is 2.87. The zero-order chi connectivity index (χ0) is 10.7. The van der Waals surface area contributed by atoms with Crippen LogP contribution in [0.5, 0.6) is 5.75 Å². The molecule has 1 aliphatic rings. The topological polar surface area (TPSA) is 49.6 Å². The summed E-state index contributed by atoms with van der Waals surface area (Å²) >= 11 is 0. The summed E-state index contributed by atoms with van der Waals surface area (Å²) in [5, 5.41) is 3.84. The molecule has 0 spiro atoms. The summed E-state index contributed by atoms with van der Waals surface area (Å²) in [6, 6.07) is 7.29. The van der Waals surface area contributed by atoms with E-state index < -0.39 is 6.10 Å². The molecule has 1 aromatic rings. The number of ether oxygens (including phenoxy) is 2. The van der Waals surface area contributed by atoms with E-state index in [9.17, 15) is 4.79 Å². The van der Waals surface area contributed by atoms with Crippen molar-refractivity contribution in [2.45, 2.75) is 6.10 Å². The van der Waals surface area contributed by atoms with Crippen molar-refractivity contribution in [3.05, 3.63) is 29.8 Å². The van der Waals surface area contributed by atoms with E-state index in [1.54, 1.807) is 13.2 Å². The first-order chi connectivity index (χ1) is 7.31. The van der Waals surface area contributed by atoms with Gasteiger partial charge in [0.1, 0.15) is 5.75 Å². The van der Waals surface area contributed by atoms with E-state index in [2.05, 4.69) is 5.32 Å². The third-order valence-corrected chi connectivity index (χ3v) is 2.26. The van der Waals surface area contributed by atoms with Gasteiger partial charge in [0.25, 0.3) is 5.91 Å². The lowest BCUT2D eigenvalue weighted by Crippen LogP contribution is -2.34. The second-order valence-electron chi connectivity index (χ2n) is 3.25. The van der Waals surface area contributed by atoms with Gasteiger partial charge in [-0.3, -0.25) is 4.79 Å². The smallest absolute Gasteiger partial charge is 0.274 e. The van der Waals surface area contributed by atoms with Gasteiger partial charge in [-0.15, -0.1) is 0 Å². The first-order valence-electron chi connectivity index (χ1n) is 4.78. The molecule has 1 aromatic carbocycles. The standard InChI is InChI=1S/C11H12NO3/c1-14-9-4-2-3-8(7-9)10-11(13)12-5-6-15-10/h2-4,7,10H,5-6H2,1H3/t10-/m0/s1. The molecule has 1 amide bonds. The molecule has 0 saturated carbocycles. The molecule has 79 valence electrons. The van der Waals surface area contributed by atoms with Crippen molar-refractivity contribution in [3.8, 4) is 5.75 Å². The lowest BCUT2D eigenvalue weighted by Gasteiger charge is -2.21. The largest absolute Gasteiger partial charge is 0.497 e. The normalized spacial score (nSPS) is 20.9. The maximum absolute atomic E-state index is 11.5. The van der Waals surface area contributed by atoms with Crippen LogP contribution in [0, 0.1) is 0 Å². The average Bonchev–Trinajstić information content (AvgIpc) is 2.30. The number of rotatable bonds is 2. The lowest BCUT2D eigenvalue weighted by molar-refractivity contribution is -0.138. The van der Waals surface area contributed by atoms with Gasteiger partial charge in [0.2, 0.25) is 0 Å². The molecule has 1 saturated heterocycles. The van der Waals surface area contributed by atoms with Crippen molar-refractivity contribution in [1.29, 1.82) is 0 Å². The molecular formula is C11H12NO3. The van der Waals surface area contributed by atoms with Crippen LogP contribution in [0.15, 0.2) is 24.3 Å². The van der Waals surface area contributed by atoms with Crippen molar-refractivity contribution in [2.24, 2.45) is 0 Å². The highest BCUT2D eigenvalue weighted by Gasteiger charge is 2.26. The summed E-state index contributed by atoms with van der Waals surface area (Å²) in [5.74, 6) is 0.504. The molecule has 2 rings (SSSR count). The van der Waals surface area contributed by atoms with Gasteiger partial charge in [0.05, 0.1) is 20.3 Å². The zero-order valence-electron chi connectivity index (χ0n) is 8.47. The fraction of sp³-hybridized carbons (Fsp3) is 0.364. The fourth-order valence-corrected chi connectivity index (χ4v) is 1.52. The Balaban J connectivity index is 2.23. The Morgan fingerprint density at radius 2 is 2.40 bits per heavy atom. The number of benzene rings is 1. The molecule has 0 N–H and O–H groups in total. The van der Waals surface area contributed by atoms with Crippen molar-refractivity contribution < 1.29 is 14.3 Å². The number of carbonyl (C=O) groups is 1. The predicted octanol–water partition coefficient (Wildman–Crippen LogP) is 0.897. The Labute approximate surface area is 88.2 Å². The van der Waals surface area contributed by atoms with E-state index in [1.165, 1.54) is 0 Å². The van der Waals surface area contributed by atoms with Crippen LogP contribution in [0.1, 0.15) is 11.7 Å². The monoisotopic (exact) mass is 206 g/mol. The summed E-state index contributed by atoms with van der Waals surface area (Å²) in [7, 11) is 1.59. The predicted molar refractivity (Wildman–Crippen MR) is 53.7 cm³/mol. The zero-order valence-corrected chi connectivity index (χ0v) is 8.47. The van der Waals surface area contributed by atoms with E-state index in [0.717, 1.165) is 11.3 Å². The summed E-state index contributed by atoms with van der Waals surface area (Å²) in [5.41, 5.74) is 0.794. The van der Waals surface area contributed by atoms with Crippen molar-refractivity contribution in [1.82, 2.24) is 5.32 Å². The lowest BCUT2D eigenvalue weighted by atomic mass is 10.1. The molecule has 0 unspecified atom stereocenters. The maximum atomic E-state index is 11.5. The molecular weight excluding hydrogens is 194 g/mol. The van der Waals surface area contributed by atoms with Crippen LogP contribution >= 0.6 is 0 Å². The fourth-order valence-electron chi connectivity index (χ4n) is 1.52. The molecule has 4 heteroatoms. The van der Waals surface area contributed by atoms with Crippen LogP contribution < -0.4 is 10.1 Å². The van der Waals surface area contributed by atoms with Gasteiger partial charge in [-0.05, 0) is 17.7 Å². The SMILES string of the molecule is COc1cccc([C@@H]2OCC[N]C2=O)c1. The summed E-state index contributed by atoms with van der Waals surface area (Å²) < 4.78 is 10.5. The first kappa shape index (κ1) is 9.98. The van der Waals surface area contributed by atoms with Crippen molar-refractivity contribution >= 4 is 5.91 Å². The number of hydrogen-bond donors (Lipinski definition) is 0. The third-order valence-electron chi connectivity index (χ3n) is 2.26. The number of hydrogen-bond acceptors (Lipinski definition) is 3. The Morgan fingerprint density at radius 3 is 3.13 bits per heavy atom. The van der Waals surface area contributed by atoms with E-state index in [4.69, 9.17) is 9.47 Å². The van der Waals surface area contributed by atoms with Crippen LogP contribution in [0.25, 0.3) is 0 Å². The molecule has 15 heavy (non-hydrogen) atoms. The molecule has 1 aliphatic heterocycles. The second-order valence-corrected chi connectivity index (χ2v) is 3.25. The highest BCUT2D eigenvalue weighted by molar-refractivity contribution is 5.82. The van der Waals surface area contributed by atoms with Crippen LogP contribution in [-0.4, -0.2) is 26.2 Å². The number of morpholine rings is 1. The highest BCUT2D eigenvalue weighted by Crippen LogP contribution is 2.23. The molecule has 1 radical (unpaired) electrons. The van der Waals surface area contributed by atoms with E-state index in [0.29, 0.717) is 13.2 Å². The Hall–Kier alpha value is -1.55. The minimum Gasteiger partial charge on any atom is -0.497 e. The third kappa shape index (κ3) is 2.10. The van der Waals surface area contributed by atoms with Gasteiger partial charge in [-0.1, -0.05) is 12.1 Å². The minimum atomic E-state index is -0.561. The summed E-state index contributed by atoms with van der Waals surface area (Å²) in [4.78, 5) is 11.5. The van der Waals surface area contributed by atoms with E-state index in [-0.39, 0.29) is 5.91 Å². The summed E-state index contributed by atoms with van der Waals surface area (Å²) in [6.45, 7) is 0.951. The highest BCUT2D eigenvalue weighted by atomic mass is 16.5. The van der Waals surface area contributed by atoms with Crippen molar-refractivity contribution in [2.75, 3.05) is 20.3 Å². The average molecular weight is 206 g/mol. The van der Waals surface area contributed by atoms with Crippen LogP contribution in [0.2, 0.25) is 0 Å². The molecule has 1 atom stereocenters. The van der Waals surface area contributed by atoms with Gasteiger partial charge in [-0.25, -0.2) is 5.32 Å². The molecule has 0 bridgehead atoms. The molecule has 4 nitrogen and oxygen atoms in total. The molecule has 0 aliphatic carbocycles. The maximum Gasteiger partial charge on any atom is 0.274 e.